The van der Waals surface area contributed by atoms with E-state index in [1.807, 2.05) is 12.1 Å². The van der Waals surface area contributed by atoms with E-state index in [9.17, 15) is 9.59 Å². The molecular weight excluding hydrogens is 406 g/mol. The van der Waals surface area contributed by atoms with Gasteiger partial charge < -0.3 is 15.0 Å². The van der Waals surface area contributed by atoms with Gasteiger partial charge in [0.15, 0.2) is 6.04 Å². The van der Waals surface area contributed by atoms with Gasteiger partial charge in [-0.25, -0.2) is 9.59 Å². The summed E-state index contributed by atoms with van der Waals surface area (Å²) in [6.45, 7) is 0.874. The molecule has 0 aliphatic carbocycles. The van der Waals surface area contributed by atoms with Gasteiger partial charge in [0.1, 0.15) is 0 Å². The van der Waals surface area contributed by atoms with Gasteiger partial charge in [0.2, 0.25) is 0 Å². The maximum atomic E-state index is 13.0. The third-order valence-corrected chi connectivity index (χ3v) is 5.30. The van der Waals surface area contributed by atoms with E-state index in [0.717, 1.165) is 22.5 Å². The van der Waals surface area contributed by atoms with Gasteiger partial charge in [0.25, 0.3) is 0 Å². The van der Waals surface area contributed by atoms with Crippen molar-refractivity contribution in [3.05, 3.63) is 70.6 Å². The normalized spacial score (nSPS) is 14.0. The van der Waals surface area contributed by atoms with Gasteiger partial charge >= 0.3 is 12.0 Å². The van der Waals surface area contributed by atoms with Crippen molar-refractivity contribution in [3.63, 3.8) is 0 Å². The molecule has 0 spiro atoms. The lowest BCUT2D eigenvalue weighted by Crippen LogP contribution is -2.46. The number of aromatic amines is 1. The van der Waals surface area contributed by atoms with Crippen molar-refractivity contribution in [1.29, 1.82) is 0 Å². The number of fused-ring (bicyclic) bond motifs is 1. The van der Waals surface area contributed by atoms with Crippen LogP contribution in [-0.4, -0.2) is 45.7 Å². The number of methoxy groups -OCH3 is 1. The first kappa shape index (κ1) is 19.9. The van der Waals surface area contributed by atoms with Gasteiger partial charge in [-0.15, -0.1) is 0 Å². The van der Waals surface area contributed by atoms with Crippen molar-refractivity contribution in [2.75, 3.05) is 13.7 Å². The number of ether oxygens (including phenoxy) is 1. The molecular formula is C21H20ClN5O3. The Labute approximate surface area is 178 Å². The van der Waals surface area contributed by atoms with Crippen molar-refractivity contribution in [1.82, 2.24) is 25.4 Å². The summed E-state index contributed by atoms with van der Waals surface area (Å²) in [6, 6.07) is 9.22. The van der Waals surface area contributed by atoms with E-state index in [2.05, 4.69) is 20.5 Å². The average molecular weight is 426 g/mol. The zero-order valence-electron chi connectivity index (χ0n) is 16.3. The topological polar surface area (TPSA) is 100 Å². The smallest absolute Gasteiger partial charge is 0.333 e. The lowest BCUT2D eigenvalue weighted by molar-refractivity contribution is -0.143. The third-order valence-electron chi connectivity index (χ3n) is 5.06. The van der Waals surface area contributed by atoms with Crippen LogP contribution in [0.15, 0.2) is 48.8 Å². The minimum absolute atomic E-state index is 0.363. The second-order valence-corrected chi connectivity index (χ2v) is 7.33. The van der Waals surface area contributed by atoms with Crippen LogP contribution in [0.25, 0.3) is 11.3 Å². The average Bonchev–Trinajstić information content (AvgIpc) is 3.20. The van der Waals surface area contributed by atoms with Gasteiger partial charge in [0.05, 0.1) is 19.3 Å². The number of amides is 2. The molecule has 9 heteroatoms. The van der Waals surface area contributed by atoms with Gasteiger partial charge in [-0.1, -0.05) is 23.7 Å². The minimum Gasteiger partial charge on any atom is -0.467 e. The Morgan fingerprint density at radius 1 is 1.27 bits per heavy atom. The molecule has 3 heterocycles. The maximum absolute atomic E-state index is 13.0. The predicted molar refractivity (Wildman–Crippen MR) is 111 cm³/mol. The number of halogens is 1. The summed E-state index contributed by atoms with van der Waals surface area (Å²) < 4.78 is 4.88. The van der Waals surface area contributed by atoms with Crippen LogP contribution in [0.5, 0.6) is 0 Å². The second kappa shape index (κ2) is 8.54. The van der Waals surface area contributed by atoms with Crippen LogP contribution in [-0.2, 0) is 22.5 Å². The second-order valence-electron chi connectivity index (χ2n) is 6.90. The number of benzene rings is 1. The Bertz CT molecular complexity index is 1070. The van der Waals surface area contributed by atoms with E-state index >= 15 is 0 Å². The number of hydrogen-bond donors (Lipinski definition) is 2. The summed E-state index contributed by atoms with van der Waals surface area (Å²) in [4.78, 5) is 31.0. The molecule has 4 rings (SSSR count). The molecule has 0 saturated heterocycles. The Kier molecular flexibility index (Phi) is 5.67. The number of aromatic nitrogens is 3. The highest BCUT2D eigenvalue weighted by Gasteiger charge is 2.30. The van der Waals surface area contributed by atoms with Gasteiger partial charge in [-0.2, -0.15) is 5.10 Å². The highest BCUT2D eigenvalue weighted by molar-refractivity contribution is 6.30. The molecule has 0 bridgehead atoms. The maximum Gasteiger partial charge on any atom is 0.333 e. The van der Waals surface area contributed by atoms with Crippen molar-refractivity contribution in [2.24, 2.45) is 0 Å². The van der Waals surface area contributed by atoms with Gasteiger partial charge in [0, 0.05) is 47.2 Å². The van der Waals surface area contributed by atoms with Crippen LogP contribution >= 0.6 is 11.6 Å². The zero-order chi connectivity index (χ0) is 21.1. The third kappa shape index (κ3) is 3.99. The van der Waals surface area contributed by atoms with Crippen molar-refractivity contribution < 1.29 is 14.3 Å². The molecule has 0 fully saturated rings. The largest absolute Gasteiger partial charge is 0.467 e. The molecule has 1 atom stereocenters. The Morgan fingerprint density at radius 2 is 2.07 bits per heavy atom. The molecule has 2 amide bonds. The number of H-pyrrole nitrogens is 1. The molecule has 154 valence electrons. The SMILES string of the molecule is COC(=O)C(NC(=O)N1CCc2[nH]nc(-c3ccncc3)c2C1)c1cccc(Cl)c1. The molecule has 0 saturated carbocycles. The highest BCUT2D eigenvalue weighted by Crippen LogP contribution is 2.28. The molecule has 1 aliphatic rings. The van der Waals surface area contributed by atoms with Gasteiger partial charge in [-0.3, -0.25) is 10.1 Å². The highest BCUT2D eigenvalue weighted by atomic mass is 35.5. The minimum atomic E-state index is -0.952. The lowest BCUT2D eigenvalue weighted by atomic mass is 10.0. The van der Waals surface area contributed by atoms with E-state index < -0.39 is 12.0 Å². The molecule has 2 N–H and O–H groups in total. The van der Waals surface area contributed by atoms with Crippen LogP contribution in [0.2, 0.25) is 5.02 Å². The number of esters is 1. The monoisotopic (exact) mass is 425 g/mol. The van der Waals surface area contributed by atoms with Gasteiger partial charge in [-0.05, 0) is 29.8 Å². The first-order valence-corrected chi connectivity index (χ1v) is 9.80. The molecule has 1 unspecified atom stereocenters. The Balaban J connectivity index is 1.55. The standard InChI is InChI=1S/C21H20ClN5O3/c1-30-20(28)19(14-3-2-4-15(22)11-14)24-21(29)27-10-7-17-16(12-27)18(26-25-17)13-5-8-23-9-6-13/h2-6,8-9,11,19H,7,10,12H2,1H3,(H,24,29)(H,25,26). The number of rotatable bonds is 4. The van der Waals surface area contributed by atoms with E-state index in [0.29, 0.717) is 30.1 Å². The Hall–Kier alpha value is -3.39. The summed E-state index contributed by atoms with van der Waals surface area (Å²) in [6.07, 6.45) is 4.05. The van der Waals surface area contributed by atoms with Crippen molar-refractivity contribution in [2.45, 2.75) is 19.0 Å². The first-order chi connectivity index (χ1) is 14.6. The lowest BCUT2D eigenvalue weighted by Gasteiger charge is -2.29. The number of urea groups is 1. The quantitative estimate of drug-likeness (QED) is 0.625. The summed E-state index contributed by atoms with van der Waals surface area (Å²) >= 11 is 6.05. The number of hydrogen-bond acceptors (Lipinski definition) is 5. The van der Waals surface area contributed by atoms with E-state index in [1.165, 1.54) is 7.11 Å². The van der Waals surface area contributed by atoms with E-state index in [-0.39, 0.29) is 6.03 Å². The molecule has 2 aromatic heterocycles. The van der Waals surface area contributed by atoms with Crippen LogP contribution < -0.4 is 5.32 Å². The molecule has 3 aromatic rings. The fraction of sp³-hybridized carbons (Fsp3) is 0.238. The van der Waals surface area contributed by atoms with Crippen LogP contribution in [0.3, 0.4) is 0 Å². The van der Waals surface area contributed by atoms with E-state index in [4.69, 9.17) is 16.3 Å². The van der Waals surface area contributed by atoms with Crippen molar-refractivity contribution >= 4 is 23.6 Å². The summed E-state index contributed by atoms with van der Waals surface area (Å²) in [5.74, 6) is -0.566. The van der Waals surface area contributed by atoms with Crippen LogP contribution in [0.1, 0.15) is 22.9 Å². The number of nitrogens with zero attached hydrogens (tertiary/aromatic N) is 3. The molecule has 0 radical (unpaired) electrons. The van der Waals surface area contributed by atoms with Crippen LogP contribution in [0, 0.1) is 0 Å². The summed E-state index contributed by atoms with van der Waals surface area (Å²) in [5.41, 5.74) is 4.24. The number of nitrogens with one attached hydrogen (secondary N) is 2. The Morgan fingerprint density at radius 3 is 2.80 bits per heavy atom. The predicted octanol–water partition coefficient (Wildman–Crippen LogP) is 3.11. The fourth-order valence-corrected chi connectivity index (χ4v) is 3.71. The number of carbonyl (C=O) groups excluding carboxylic acids is 2. The number of pyridine rings is 1. The van der Waals surface area contributed by atoms with Crippen molar-refractivity contribution in [3.8, 4) is 11.3 Å². The van der Waals surface area contributed by atoms with E-state index in [1.54, 1.807) is 41.6 Å². The molecule has 1 aromatic carbocycles. The number of carbonyl (C=O) groups is 2. The van der Waals surface area contributed by atoms with Crippen LogP contribution in [0.4, 0.5) is 4.79 Å². The molecule has 1 aliphatic heterocycles. The fourth-order valence-electron chi connectivity index (χ4n) is 3.51. The molecule has 30 heavy (non-hydrogen) atoms. The summed E-state index contributed by atoms with van der Waals surface area (Å²) in [5, 5.41) is 10.7. The molecule has 8 nitrogen and oxygen atoms in total. The summed E-state index contributed by atoms with van der Waals surface area (Å²) in [7, 11) is 1.28. The zero-order valence-corrected chi connectivity index (χ0v) is 17.0. The first-order valence-electron chi connectivity index (χ1n) is 9.42.